The van der Waals surface area contributed by atoms with Crippen LogP contribution in [0.1, 0.15) is 25.7 Å². The Balaban J connectivity index is 1.23. The van der Waals surface area contributed by atoms with Crippen LogP contribution in [0, 0.1) is 0 Å². The predicted molar refractivity (Wildman–Crippen MR) is 284 cm³/mol. The van der Waals surface area contributed by atoms with Crippen LogP contribution < -0.4 is 42.4 Å². The second-order valence-corrected chi connectivity index (χ2v) is 35.7. The molecule has 2 unspecified atom stereocenters. The van der Waals surface area contributed by atoms with Gasteiger partial charge < -0.3 is 0 Å². The van der Waals surface area contributed by atoms with E-state index in [2.05, 4.69) is 243 Å². The number of hydrogen-bond donors (Lipinski definition) is 0. The molecule has 0 nitrogen and oxygen atoms in total. The molecule has 7 heteroatoms. The van der Waals surface area contributed by atoms with E-state index in [0.717, 1.165) is 38.0 Å². The van der Waals surface area contributed by atoms with Crippen LogP contribution in [-0.2, 0) is 13.5 Å². The van der Waals surface area contributed by atoms with E-state index in [9.17, 15) is 0 Å². The first-order valence-corrected chi connectivity index (χ1v) is 33.3. The van der Waals surface area contributed by atoms with E-state index >= 15 is 0 Å². The topological polar surface area (TPSA) is 0 Å². The molecule has 0 spiro atoms. The molecule has 0 aromatic heterocycles. The van der Waals surface area contributed by atoms with Crippen LogP contribution in [0.4, 0.5) is 0 Å². The molecule has 0 saturated carbocycles. The first-order chi connectivity index (χ1) is 31.1. The van der Waals surface area contributed by atoms with Gasteiger partial charge in [0.2, 0.25) is 0 Å². The number of benzene rings is 8. The minimum atomic E-state index is -3.44. The van der Waals surface area contributed by atoms with Crippen molar-refractivity contribution in [2.24, 2.45) is 0 Å². The van der Waals surface area contributed by atoms with Crippen LogP contribution in [0.3, 0.4) is 0 Å². The van der Waals surface area contributed by atoms with Crippen LogP contribution in [0.5, 0.6) is 0 Å². The summed E-state index contributed by atoms with van der Waals surface area (Å²) >= 11 is -3.44. The number of rotatable bonds is 20. The van der Waals surface area contributed by atoms with Gasteiger partial charge in [0.25, 0.3) is 0 Å². The van der Waals surface area contributed by atoms with E-state index in [1.165, 1.54) is 42.4 Å². The van der Waals surface area contributed by atoms with Crippen molar-refractivity contribution in [2.75, 3.05) is 12.3 Å². The summed E-state index contributed by atoms with van der Waals surface area (Å²) < 4.78 is 0.237. The van der Waals surface area contributed by atoms with E-state index < -0.39 is 45.2 Å². The van der Waals surface area contributed by atoms with Gasteiger partial charge in [0.05, 0.1) is 0 Å². The first kappa shape index (κ1) is 46.3. The molecule has 0 aliphatic heterocycles. The molecule has 0 heterocycles. The van der Waals surface area contributed by atoms with Crippen LogP contribution in [0.25, 0.3) is 0 Å². The normalized spacial score (nSPS) is 13.0. The van der Waals surface area contributed by atoms with E-state index in [0.29, 0.717) is 0 Å². The maximum absolute atomic E-state index is 8.71. The van der Waals surface area contributed by atoms with Crippen LogP contribution in [-0.4, -0.2) is 20.6 Å². The van der Waals surface area contributed by atoms with E-state index in [1.54, 1.807) is 0 Å². The zero-order valence-corrected chi connectivity index (χ0v) is 42.0. The molecule has 8 aromatic carbocycles. The Morgan fingerprint density at radius 3 is 0.683 bits per heavy atom. The van der Waals surface area contributed by atoms with Crippen LogP contribution in [0.2, 0.25) is 0 Å². The summed E-state index contributed by atoms with van der Waals surface area (Å²) in [5, 5.41) is 11.1. The van der Waals surface area contributed by atoms with Crippen molar-refractivity contribution in [3.63, 3.8) is 0 Å². The van der Waals surface area contributed by atoms with Gasteiger partial charge in [-0.25, -0.2) is 0 Å². The predicted octanol–water partition coefficient (Wildman–Crippen LogP) is 13.2. The summed E-state index contributed by atoms with van der Waals surface area (Å²) in [6, 6.07) is 89.5. The first-order valence-electron chi connectivity index (χ1n) is 21.6. The van der Waals surface area contributed by atoms with Gasteiger partial charge >= 0.3 is 396 Å². The molecule has 0 saturated heterocycles. The average molecular weight is 1030 g/mol. The molecule has 0 N–H and O–H groups in total. The maximum atomic E-state index is 8.71. The molecule has 8 rings (SSSR count). The summed E-state index contributed by atoms with van der Waals surface area (Å²) in [7, 11) is 14.5. The summed E-state index contributed by atoms with van der Waals surface area (Å²) in [4.78, 5) is 0. The zero-order chi connectivity index (χ0) is 43.1. The summed E-state index contributed by atoms with van der Waals surface area (Å²) in [5.74, 6) is 0. The van der Waals surface area contributed by atoms with Crippen LogP contribution in [0.15, 0.2) is 243 Å². The average Bonchev–Trinajstić information content (AvgIpc) is 3.35. The van der Waals surface area contributed by atoms with Gasteiger partial charge in [-0.2, -0.15) is 0 Å². The number of hydrogen-bond acceptors (Lipinski definition) is 0. The van der Waals surface area contributed by atoms with E-state index in [1.807, 2.05) is 0 Å². The van der Waals surface area contributed by atoms with Crippen molar-refractivity contribution >= 4 is 93.2 Å². The Bertz CT molecular complexity index is 2170. The molecule has 0 bridgehead atoms. The second-order valence-electron chi connectivity index (χ2n) is 15.2. The van der Waals surface area contributed by atoms with Gasteiger partial charge in [-0.3, -0.25) is 0 Å². The third-order valence-corrected chi connectivity index (χ3v) is 36.7. The van der Waals surface area contributed by atoms with E-state index in [4.69, 9.17) is 19.1 Å². The molecule has 0 fully saturated rings. The molecular formula is C56H54Cl2P4Pd. The third kappa shape index (κ3) is 12.1. The Kier molecular flexibility index (Phi) is 17.5. The second kappa shape index (κ2) is 23.8. The molecular weight excluding hydrogens is 974 g/mol. The molecule has 0 radical (unpaired) electrons. The van der Waals surface area contributed by atoms with Crippen LogP contribution >= 0.6 is 50.7 Å². The molecule has 8 aromatic rings. The standard InChI is InChI=1S/2C28H27P2.2ClH.Pd/c2*1-5-15-25(16-6-1)29(26-17-7-2-8-18-26)23-13-14-24-30(27-19-9-3-10-20-27)28-21-11-4-12-22-28;;;/h2*1-12,15-23H,13-14,24H2;2*1H;/q;;;;+2/p-2. The van der Waals surface area contributed by atoms with Crippen molar-refractivity contribution < 1.29 is 13.5 Å². The van der Waals surface area contributed by atoms with E-state index in [-0.39, 0.29) is 8.26 Å². The molecule has 0 aliphatic carbocycles. The molecule has 2 atom stereocenters. The number of halogens is 2. The van der Waals surface area contributed by atoms with Gasteiger partial charge in [-0.1, -0.05) is 0 Å². The monoisotopic (exact) mass is 1030 g/mol. The van der Waals surface area contributed by atoms with Crippen molar-refractivity contribution in [3.05, 3.63) is 243 Å². The van der Waals surface area contributed by atoms with Gasteiger partial charge in [0.1, 0.15) is 0 Å². The van der Waals surface area contributed by atoms with Gasteiger partial charge in [-0.15, -0.1) is 0 Å². The fraction of sp³-hybridized carbons (Fsp3) is 0.143. The van der Waals surface area contributed by atoms with Gasteiger partial charge in [0, 0.05) is 0 Å². The van der Waals surface area contributed by atoms with Crippen molar-refractivity contribution in [1.82, 2.24) is 0 Å². The fourth-order valence-electron chi connectivity index (χ4n) is 8.18. The Morgan fingerprint density at radius 2 is 0.476 bits per heavy atom. The molecule has 63 heavy (non-hydrogen) atoms. The minimum absolute atomic E-state index is 0.119. The van der Waals surface area contributed by atoms with Crippen molar-refractivity contribution in [2.45, 2.75) is 33.9 Å². The van der Waals surface area contributed by atoms with Crippen molar-refractivity contribution in [1.29, 1.82) is 0 Å². The summed E-state index contributed by atoms with van der Waals surface area (Å²) in [5.41, 5.74) is 0. The Morgan fingerprint density at radius 1 is 0.286 bits per heavy atom. The molecule has 0 amide bonds. The molecule has 0 aliphatic rings. The summed E-state index contributed by atoms with van der Waals surface area (Å²) in [6.07, 6.45) is 6.21. The fourth-order valence-corrected chi connectivity index (χ4v) is 34.4. The quantitative estimate of drug-likeness (QED) is 0.0527. The molecule has 322 valence electrons. The van der Waals surface area contributed by atoms with Crippen molar-refractivity contribution in [3.8, 4) is 0 Å². The van der Waals surface area contributed by atoms with Gasteiger partial charge in [0.15, 0.2) is 0 Å². The Labute approximate surface area is 392 Å². The summed E-state index contributed by atoms with van der Waals surface area (Å²) in [6.45, 7) is 0. The SMILES string of the molecule is [Cl][Pd]([Cl])([CH](CCCP(c1ccccc1)c1ccccc1)P(c1ccccc1)c1ccccc1)[CH](CCCP(c1ccccc1)c1ccccc1)P(c1ccccc1)c1ccccc1. The third-order valence-electron chi connectivity index (χ3n) is 11.1. The zero-order valence-electron chi connectivity index (χ0n) is 35.4. The Hall–Kier alpha value is -3.28. The van der Waals surface area contributed by atoms with Gasteiger partial charge in [-0.05, 0) is 0 Å².